The van der Waals surface area contributed by atoms with E-state index < -0.39 is 0 Å². The lowest BCUT2D eigenvalue weighted by atomic mass is 9.71. The molecule has 5 unspecified atom stereocenters. The third-order valence-corrected chi connectivity index (χ3v) is 9.34. The summed E-state index contributed by atoms with van der Waals surface area (Å²) in [5, 5.41) is 6.26. The Hall–Kier alpha value is -3.15. The zero-order valence-electron chi connectivity index (χ0n) is 20.0. The number of imidazole rings is 1. The van der Waals surface area contributed by atoms with Gasteiger partial charge in [0.05, 0.1) is 12.1 Å². The summed E-state index contributed by atoms with van der Waals surface area (Å²) >= 11 is 0. The Morgan fingerprint density at radius 2 is 1.91 bits per heavy atom. The van der Waals surface area contributed by atoms with E-state index >= 15 is 0 Å². The summed E-state index contributed by atoms with van der Waals surface area (Å²) in [6.07, 6.45) is 9.71. The van der Waals surface area contributed by atoms with E-state index in [1.807, 2.05) is 36.5 Å². The van der Waals surface area contributed by atoms with E-state index in [1.54, 1.807) is 10.5 Å². The van der Waals surface area contributed by atoms with Crippen molar-refractivity contribution in [2.45, 2.75) is 44.9 Å². The van der Waals surface area contributed by atoms with E-state index in [1.165, 1.54) is 37.7 Å². The monoisotopic (exact) mass is 468 g/mol. The number of aromatic nitrogens is 2. The van der Waals surface area contributed by atoms with Crippen LogP contribution in [0.5, 0.6) is 0 Å². The second-order valence-electron chi connectivity index (χ2n) is 11.6. The van der Waals surface area contributed by atoms with Gasteiger partial charge < -0.3 is 10.6 Å². The Labute approximate surface area is 205 Å². The van der Waals surface area contributed by atoms with Crippen LogP contribution in [0.2, 0.25) is 0 Å². The molecule has 0 radical (unpaired) electrons. The van der Waals surface area contributed by atoms with E-state index in [0.29, 0.717) is 34.4 Å². The number of rotatable bonds is 8. The van der Waals surface area contributed by atoms with Crippen LogP contribution in [0.25, 0.3) is 5.65 Å². The Kier molecular flexibility index (Phi) is 4.64. The second-order valence-corrected chi connectivity index (χ2v) is 11.6. The lowest BCUT2D eigenvalue weighted by Crippen LogP contribution is -2.40. The van der Waals surface area contributed by atoms with Crippen LogP contribution in [0.4, 0.5) is 0 Å². The fourth-order valence-electron chi connectivity index (χ4n) is 7.77. The molecule has 4 aliphatic carbocycles. The Balaban J connectivity index is 0.977. The summed E-state index contributed by atoms with van der Waals surface area (Å²) in [7, 11) is 0. The number of hydrogen-bond acceptors (Lipinski definition) is 3. The molecule has 5 atom stereocenters. The van der Waals surface area contributed by atoms with Gasteiger partial charge in [0.25, 0.3) is 5.91 Å². The molecule has 2 bridgehead atoms. The molecule has 35 heavy (non-hydrogen) atoms. The van der Waals surface area contributed by atoms with Crippen molar-refractivity contribution in [1.82, 2.24) is 20.0 Å². The Morgan fingerprint density at radius 3 is 2.80 bits per heavy atom. The van der Waals surface area contributed by atoms with E-state index in [0.717, 1.165) is 30.7 Å². The maximum Gasteiger partial charge on any atom is 0.268 e. The van der Waals surface area contributed by atoms with E-state index in [4.69, 9.17) is 0 Å². The van der Waals surface area contributed by atoms with Gasteiger partial charge in [0.2, 0.25) is 5.91 Å². The highest BCUT2D eigenvalue weighted by atomic mass is 16.2. The number of carbonyl (C=O) groups excluding carboxylic acids is 2. The van der Waals surface area contributed by atoms with Gasteiger partial charge in [0.15, 0.2) is 0 Å². The molecule has 4 fully saturated rings. The van der Waals surface area contributed by atoms with Crippen molar-refractivity contribution in [1.29, 1.82) is 0 Å². The van der Waals surface area contributed by atoms with Gasteiger partial charge in [-0.15, -0.1) is 0 Å². The molecule has 1 aromatic carbocycles. The molecule has 1 spiro atoms. The number of amides is 2. The van der Waals surface area contributed by atoms with Crippen LogP contribution in [0.1, 0.15) is 53.8 Å². The molecule has 6 heteroatoms. The molecule has 3 aromatic rings. The quantitative estimate of drug-likeness (QED) is 0.528. The molecule has 180 valence electrons. The lowest BCUT2D eigenvalue weighted by molar-refractivity contribution is -0.121. The van der Waals surface area contributed by atoms with Crippen LogP contribution in [0, 0.1) is 28.6 Å². The molecular weight excluding hydrogens is 436 g/mol. The average molecular weight is 469 g/mol. The number of nitrogens with one attached hydrogen (secondary N) is 2. The van der Waals surface area contributed by atoms with Crippen LogP contribution >= 0.6 is 0 Å². The summed E-state index contributed by atoms with van der Waals surface area (Å²) < 4.78 is 1.79. The van der Waals surface area contributed by atoms with E-state index in [9.17, 15) is 9.59 Å². The first-order chi connectivity index (χ1) is 17.0. The summed E-state index contributed by atoms with van der Waals surface area (Å²) in [5.41, 5.74) is 4.13. The molecule has 6 nitrogen and oxygen atoms in total. The van der Waals surface area contributed by atoms with Crippen molar-refractivity contribution in [3.8, 4) is 0 Å². The smallest absolute Gasteiger partial charge is 0.268 e. The van der Waals surface area contributed by atoms with Gasteiger partial charge in [0, 0.05) is 19.3 Å². The minimum Gasteiger partial charge on any atom is -0.355 e. The predicted octanol–water partition coefficient (Wildman–Crippen LogP) is 3.79. The van der Waals surface area contributed by atoms with Crippen molar-refractivity contribution >= 4 is 17.5 Å². The van der Waals surface area contributed by atoms with Gasteiger partial charge in [0.1, 0.15) is 11.3 Å². The lowest BCUT2D eigenvalue weighted by Gasteiger charge is -2.36. The Bertz CT molecular complexity index is 1310. The van der Waals surface area contributed by atoms with E-state index in [-0.39, 0.29) is 18.2 Å². The SMILES string of the molecule is O=C(Cc1cn2c(C(=O)NCCc3ccccc3)cccc2n1)NCC12CC3CC3C3(CC3C1)C2. The maximum atomic E-state index is 12.9. The van der Waals surface area contributed by atoms with Crippen molar-refractivity contribution in [2.24, 2.45) is 28.6 Å². The summed E-state index contributed by atoms with van der Waals surface area (Å²) in [6, 6.07) is 15.6. The molecular formula is C29H32N4O2. The molecule has 0 aliphatic heterocycles. The van der Waals surface area contributed by atoms with Crippen LogP contribution in [-0.2, 0) is 17.6 Å². The number of carbonyl (C=O) groups is 2. The zero-order chi connectivity index (χ0) is 23.6. The summed E-state index contributed by atoms with van der Waals surface area (Å²) in [6.45, 7) is 1.38. The first-order valence-corrected chi connectivity index (χ1v) is 13.1. The Morgan fingerprint density at radius 1 is 1.03 bits per heavy atom. The summed E-state index contributed by atoms with van der Waals surface area (Å²) in [5.74, 6) is 2.78. The third kappa shape index (κ3) is 3.65. The normalized spacial score (nSPS) is 31.5. The van der Waals surface area contributed by atoms with Crippen LogP contribution in [-0.4, -0.2) is 34.3 Å². The number of pyridine rings is 1. The second kappa shape index (κ2) is 7.67. The zero-order valence-corrected chi connectivity index (χ0v) is 20.0. The van der Waals surface area contributed by atoms with Gasteiger partial charge in [-0.2, -0.15) is 0 Å². The van der Waals surface area contributed by atoms with Gasteiger partial charge in [-0.1, -0.05) is 36.4 Å². The van der Waals surface area contributed by atoms with Gasteiger partial charge >= 0.3 is 0 Å². The largest absolute Gasteiger partial charge is 0.355 e. The molecule has 2 heterocycles. The van der Waals surface area contributed by atoms with Crippen molar-refractivity contribution in [2.75, 3.05) is 13.1 Å². The summed E-state index contributed by atoms with van der Waals surface area (Å²) in [4.78, 5) is 30.3. The molecule has 7 rings (SSSR count). The van der Waals surface area contributed by atoms with Crippen LogP contribution in [0.3, 0.4) is 0 Å². The topological polar surface area (TPSA) is 75.5 Å². The third-order valence-electron chi connectivity index (χ3n) is 9.34. The van der Waals surface area contributed by atoms with Crippen LogP contribution < -0.4 is 10.6 Å². The van der Waals surface area contributed by atoms with Crippen molar-refractivity contribution < 1.29 is 9.59 Å². The highest BCUT2D eigenvalue weighted by Crippen LogP contribution is 2.83. The number of benzene rings is 1. The predicted molar refractivity (Wildman–Crippen MR) is 133 cm³/mol. The molecule has 4 saturated carbocycles. The molecule has 2 amide bonds. The molecule has 0 saturated heterocycles. The van der Waals surface area contributed by atoms with Crippen LogP contribution in [0.15, 0.2) is 54.7 Å². The molecule has 2 aromatic heterocycles. The van der Waals surface area contributed by atoms with Gasteiger partial charge in [-0.05, 0) is 84.8 Å². The minimum absolute atomic E-state index is 0.0317. The first kappa shape index (κ1) is 21.2. The minimum atomic E-state index is -0.136. The van der Waals surface area contributed by atoms with Crippen molar-refractivity contribution in [3.63, 3.8) is 0 Å². The molecule has 2 N–H and O–H groups in total. The van der Waals surface area contributed by atoms with E-state index in [2.05, 4.69) is 27.8 Å². The first-order valence-electron chi connectivity index (χ1n) is 13.1. The maximum absolute atomic E-state index is 12.9. The fraction of sp³-hybridized carbons (Fsp3) is 0.483. The van der Waals surface area contributed by atoms with Gasteiger partial charge in [-0.25, -0.2) is 4.98 Å². The number of nitrogens with zero attached hydrogens (tertiary/aromatic N) is 2. The fourth-order valence-corrected chi connectivity index (χ4v) is 7.77. The average Bonchev–Trinajstić information content (AvgIpc) is 3.70. The molecule has 4 aliphatic rings. The highest BCUT2D eigenvalue weighted by molar-refractivity contribution is 5.93. The number of fused-ring (bicyclic) bond motifs is 3. The standard InChI is InChI=1S/C29H32N4O2/c34-26(31-18-28-13-20-11-23(20)29(17-28)15-21(29)14-28)12-22-16-33-24(7-4-8-25(33)32-22)27(35)30-10-9-19-5-2-1-3-6-19/h1-8,16,20-21,23H,9-15,17-18H2,(H,30,35)(H,31,34). The van der Waals surface area contributed by atoms with Crippen molar-refractivity contribution in [3.05, 3.63) is 71.7 Å². The highest BCUT2D eigenvalue weighted by Gasteiger charge is 2.76. The number of hydrogen-bond donors (Lipinski definition) is 2. The van der Waals surface area contributed by atoms with Gasteiger partial charge in [-0.3, -0.25) is 14.0 Å².